The number of hydrogen-bond acceptors (Lipinski definition) is 3. The number of ketones is 1. The Morgan fingerprint density at radius 3 is 2.35 bits per heavy atom. The average molecular weight is 469 g/mol. The van der Waals surface area contributed by atoms with Gasteiger partial charge in [0, 0.05) is 11.8 Å². The molecule has 5 rings (SSSR count). The Morgan fingerprint density at radius 2 is 1.68 bits per heavy atom. The summed E-state index contributed by atoms with van der Waals surface area (Å²) in [5.41, 5.74) is 1.56. The molecule has 0 aliphatic heterocycles. The summed E-state index contributed by atoms with van der Waals surface area (Å²) in [5.74, 6) is 3.06. The predicted octanol–water partition coefficient (Wildman–Crippen LogP) is 7.39. The molecule has 190 valence electrons. The molecule has 0 aromatic rings. The van der Waals surface area contributed by atoms with Crippen molar-refractivity contribution in [2.45, 2.75) is 106 Å². The minimum atomic E-state index is -0.317. The normalized spacial score (nSPS) is 51.8. The van der Waals surface area contributed by atoms with E-state index in [2.05, 4.69) is 54.5 Å². The zero-order valence-corrected chi connectivity index (χ0v) is 23.1. The summed E-state index contributed by atoms with van der Waals surface area (Å²) in [6.45, 7) is 16.9. The molecule has 4 saturated carbocycles. The molecule has 0 aromatic heterocycles. The van der Waals surface area contributed by atoms with Crippen LogP contribution in [0.3, 0.4) is 0 Å². The van der Waals surface area contributed by atoms with E-state index in [4.69, 9.17) is 4.74 Å². The number of allylic oxidation sites excluding steroid dienone is 2. The average Bonchev–Trinajstić information content (AvgIpc) is 2.79. The van der Waals surface area contributed by atoms with Crippen LogP contribution in [0.1, 0.15) is 106 Å². The Kier molecular flexibility index (Phi) is 5.38. The number of hydrogen-bond donors (Lipinski definition) is 0. The van der Waals surface area contributed by atoms with Crippen LogP contribution in [0.15, 0.2) is 11.6 Å². The van der Waals surface area contributed by atoms with Crippen molar-refractivity contribution in [3.05, 3.63) is 11.6 Å². The van der Waals surface area contributed by atoms with Crippen LogP contribution in [0.5, 0.6) is 0 Å². The molecule has 0 amide bonds. The van der Waals surface area contributed by atoms with E-state index in [9.17, 15) is 9.59 Å². The van der Waals surface area contributed by atoms with Gasteiger partial charge in [0.1, 0.15) is 5.78 Å². The largest absolute Gasteiger partial charge is 0.469 e. The molecule has 34 heavy (non-hydrogen) atoms. The van der Waals surface area contributed by atoms with E-state index in [0.717, 1.165) is 44.9 Å². The minimum Gasteiger partial charge on any atom is -0.469 e. The third kappa shape index (κ3) is 2.76. The summed E-state index contributed by atoms with van der Waals surface area (Å²) in [6.07, 6.45) is 11.9. The first-order valence-corrected chi connectivity index (χ1v) is 14.1. The molecule has 0 bridgehead atoms. The van der Waals surface area contributed by atoms with Crippen LogP contribution in [0.25, 0.3) is 0 Å². The van der Waals surface area contributed by atoms with Gasteiger partial charge in [0.05, 0.1) is 12.5 Å². The summed E-state index contributed by atoms with van der Waals surface area (Å²) in [7, 11) is 1.60. The van der Waals surface area contributed by atoms with Crippen LogP contribution in [-0.4, -0.2) is 18.9 Å². The maximum absolute atomic E-state index is 13.5. The van der Waals surface area contributed by atoms with Gasteiger partial charge in [-0.1, -0.05) is 60.1 Å². The topological polar surface area (TPSA) is 43.4 Å². The summed E-state index contributed by atoms with van der Waals surface area (Å²) < 4.78 is 5.53. The van der Waals surface area contributed by atoms with E-state index in [1.54, 1.807) is 12.7 Å². The van der Waals surface area contributed by atoms with Gasteiger partial charge >= 0.3 is 5.97 Å². The molecule has 0 N–H and O–H groups in total. The van der Waals surface area contributed by atoms with Crippen molar-refractivity contribution >= 4 is 11.8 Å². The third-order valence-corrected chi connectivity index (χ3v) is 13.3. The van der Waals surface area contributed by atoms with Gasteiger partial charge in [-0.15, -0.1) is 0 Å². The maximum Gasteiger partial charge on any atom is 0.312 e. The second kappa shape index (κ2) is 7.45. The number of ether oxygens (including phenoxy) is 1. The number of fused-ring (bicyclic) bond motifs is 7. The minimum absolute atomic E-state index is 0.0545. The van der Waals surface area contributed by atoms with Crippen LogP contribution in [0.2, 0.25) is 0 Å². The van der Waals surface area contributed by atoms with Crippen molar-refractivity contribution in [3.8, 4) is 0 Å². The van der Waals surface area contributed by atoms with Gasteiger partial charge in [0.25, 0.3) is 0 Å². The third-order valence-electron chi connectivity index (χ3n) is 13.3. The highest BCUT2D eigenvalue weighted by Crippen LogP contribution is 2.75. The molecule has 3 heteroatoms. The van der Waals surface area contributed by atoms with Crippen molar-refractivity contribution in [1.29, 1.82) is 0 Å². The summed E-state index contributed by atoms with van der Waals surface area (Å²) in [5, 5.41) is 0. The molecular formula is C31H48O3. The summed E-state index contributed by atoms with van der Waals surface area (Å²) in [6, 6.07) is 0. The first-order chi connectivity index (χ1) is 15.8. The van der Waals surface area contributed by atoms with E-state index >= 15 is 0 Å². The van der Waals surface area contributed by atoms with Crippen molar-refractivity contribution in [2.24, 2.45) is 56.7 Å². The molecule has 0 unspecified atom stereocenters. The smallest absolute Gasteiger partial charge is 0.312 e. The fraction of sp³-hybridized carbons (Fsp3) is 0.871. The van der Waals surface area contributed by atoms with Gasteiger partial charge in [0.15, 0.2) is 0 Å². The molecule has 0 spiro atoms. The standard InChI is InChI=1S/C31H48O3/c1-19-11-16-31(26(33)34-8)18-17-29(6)22-9-10-23-27(3,4)24(32)13-14-28(23,5)21(22)12-15-30(29,7)25(31)20(19)2/h9,19-21,23,25H,10-18H2,1-8H3/t19-,20+,21+,23+,25+,28-,29-,30+,31+/m1/s1. The van der Waals surface area contributed by atoms with Crippen LogP contribution in [0.4, 0.5) is 0 Å². The first kappa shape index (κ1) is 24.6. The van der Waals surface area contributed by atoms with Gasteiger partial charge in [-0.3, -0.25) is 9.59 Å². The van der Waals surface area contributed by atoms with Crippen LogP contribution < -0.4 is 0 Å². The van der Waals surface area contributed by atoms with Gasteiger partial charge in [-0.05, 0) is 97.2 Å². The molecule has 5 aliphatic rings. The van der Waals surface area contributed by atoms with Gasteiger partial charge in [-0.2, -0.15) is 0 Å². The molecule has 0 aromatic carbocycles. The number of Topliss-reactive ketones (excluding diaryl/α,β-unsaturated/α-hetero) is 1. The fourth-order valence-corrected chi connectivity index (χ4v) is 10.9. The lowest BCUT2D eigenvalue weighted by atomic mass is 9.33. The summed E-state index contributed by atoms with van der Waals surface area (Å²) in [4.78, 5) is 26.4. The Balaban J connectivity index is 1.61. The van der Waals surface area contributed by atoms with E-state index in [1.165, 1.54) is 12.8 Å². The number of rotatable bonds is 1. The molecule has 0 radical (unpaired) electrons. The zero-order chi connectivity index (χ0) is 24.9. The highest BCUT2D eigenvalue weighted by Gasteiger charge is 2.70. The number of esters is 1. The predicted molar refractivity (Wildman–Crippen MR) is 136 cm³/mol. The Labute approximate surface area is 207 Å². The maximum atomic E-state index is 13.5. The highest BCUT2D eigenvalue weighted by atomic mass is 16.5. The lowest BCUT2D eigenvalue weighted by molar-refractivity contribution is -0.206. The fourth-order valence-electron chi connectivity index (χ4n) is 10.9. The first-order valence-electron chi connectivity index (χ1n) is 14.1. The molecule has 0 saturated heterocycles. The number of methoxy groups -OCH3 is 1. The van der Waals surface area contributed by atoms with Crippen molar-refractivity contribution in [3.63, 3.8) is 0 Å². The van der Waals surface area contributed by atoms with Gasteiger partial charge in [0.2, 0.25) is 0 Å². The molecule has 5 aliphatic carbocycles. The Bertz CT molecular complexity index is 931. The second-order valence-electron chi connectivity index (χ2n) is 14.4. The number of carbonyl (C=O) groups excluding carboxylic acids is 2. The quantitative estimate of drug-likeness (QED) is 0.298. The highest BCUT2D eigenvalue weighted by molar-refractivity contribution is 5.85. The van der Waals surface area contributed by atoms with Crippen molar-refractivity contribution in [2.75, 3.05) is 7.11 Å². The van der Waals surface area contributed by atoms with Crippen molar-refractivity contribution in [1.82, 2.24) is 0 Å². The molecule has 3 nitrogen and oxygen atoms in total. The Hall–Kier alpha value is -1.12. The monoisotopic (exact) mass is 468 g/mol. The molecular weight excluding hydrogens is 420 g/mol. The number of carbonyl (C=O) groups is 2. The van der Waals surface area contributed by atoms with Crippen LogP contribution in [-0.2, 0) is 14.3 Å². The lowest BCUT2D eigenvalue weighted by Gasteiger charge is -2.70. The molecule has 4 fully saturated rings. The Morgan fingerprint density at radius 1 is 0.971 bits per heavy atom. The van der Waals surface area contributed by atoms with Crippen LogP contribution >= 0.6 is 0 Å². The van der Waals surface area contributed by atoms with E-state index in [1.807, 2.05) is 0 Å². The lowest BCUT2D eigenvalue weighted by Crippen LogP contribution is -2.66. The summed E-state index contributed by atoms with van der Waals surface area (Å²) >= 11 is 0. The van der Waals surface area contributed by atoms with E-state index in [0.29, 0.717) is 35.4 Å². The van der Waals surface area contributed by atoms with Gasteiger partial charge in [-0.25, -0.2) is 0 Å². The van der Waals surface area contributed by atoms with Crippen LogP contribution in [0, 0.1) is 56.7 Å². The van der Waals surface area contributed by atoms with E-state index in [-0.39, 0.29) is 33.0 Å². The van der Waals surface area contributed by atoms with E-state index < -0.39 is 0 Å². The second-order valence-corrected chi connectivity index (χ2v) is 14.4. The zero-order valence-electron chi connectivity index (χ0n) is 23.1. The van der Waals surface area contributed by atoms with Gasteiger partial charge < -0.3 is 4.74 Å². The molecule has 9 atom stereocenters. The molecule has 0 heterocycles. The van der Waals surface area contributed by atoms with Crippen molar-refractivity contribution < 1.29 is 14.3 Å². The SMILES string of the molecule is COC(=O)[C@]12CC[C@@H](C)[C@H](C)[C@H]1[C@]1(C)CC[C@H]3C(=CC[C@H]4C(C)(C)C(=O)CC[C@]34C)[C@@]1(C)CC2.